The van der Waals surface area contributed by atoms with Gasteiger partial charge in [0.05, 0.1) is 10.6 Å². The maximum absolute atomic E-state index is 9.50. The van der Waals surface area contributed by atoms with Gasteiger partial charge in [0.2, 0.25) is 0 Å². The minimum absolute atomic E-state index is 0.0598. The van der Waals surface area contributed by atoms with E-state index in [1.807, 2.05) is 25.1 Å². The number of allylic oxidation sites excluding steroid dienone is 1. The summed E-state index contributed by atoms with van der Waals surface area (Å²) in [5.41, 5.74) is 1.11. The molecule has 2 rings (SSSR count). The molecule has 0 radical (unpaired) electrons. The molecular weight excluding hydrogens is 355 g/mol. The van der Waals surface area contributed by atoms with Gasteiger partial charge in [0.25, 0.3) is 0 Å². The van der Waals surface area contributed by atoms with Crippen LogP contribution >= 0.6 is 43.5 Å². The first-order valence-electron chi connectivity index (χ1n) is 4.86. The van der Waals surface area contributed by atoms with Gasteiger partial charge in [-0.15, -0.1) is 11.6 Å². The lowest BCUT2D eigenvalue weighted by atomic mass is 10.1. The molecule has 0 heterocycles. The third kappa shape index (κ3) is 2.05. The van der Waals surface area contributed by atoms with Crippen molar-refractivity contribution in [2.45, 2.75) is 17.7 Å². The second kappa shape index (κ2) is 4.04. The fourth-order valence-corrected chi connectivity index (χ4v) is 4.04. The first-order valence-corrected chi connectivity index (χ1v) is 6.83. The number of hydrogen-bond acceptors (Lipinski definition) is 1. The molecule has 1 aromatic rings. The van der Waals surface area contributed by atoms with Crippen LogP contribution < -0.4 is 0 Å². The molecule has 1 N–H and O–H groups in total. The molecule has 1 aromatic carbocycles. The molecule has 4 heteroatoms. The van der Waals surface area contributed by atoms with E-state index in [-0.39, 0.29) is 17.6 Å². The number of aliphatic hydroxyl groups is 1. The smallest absolute Gasteiger partial charge is 0.0906 e. The van der Waals surface area contributed by atoms with Crippen molar-refractivity contribution < 1.29 is 5.11 Å². The average molecular weight is 366 g/mol. The Morgan fingerprint density at radius 3 is 2.25 bits per heavy atom. The zero-order valence-corrected chi connectivity index (χ0v) is 12.6. The average Bonchev–Trinajstić information content (AvgIpc) is 2.67. The van der Waals surface area contributed by atoms with Crippen LogP contribution in [-0.4, -0.2) is 9.98 Å². The minimum atomic E-state index is -0.425. The highest BCUT2D eigenvalue weighted by molar-refractivity contribution is 9.11. The van der Waals surface area contributed by atoms with Crippen molar-refractivity contribution in [3.8, 4) is 0 Å². The van der Waals surface area contributed by atoms with E-state index in [1.54, 1.807) is 0 Å². The largest absolute Gasteiger partial charge is 0.513 e. The molecule has 86 valence electrons. The van der Waals surface area contributed by atoms with Gasteiger partial charge >= 0.3 is 0 Å². The number of aliphatic hydroxyl groups excluding tert-OH is 1. The fourth-order valence-electron chi connectivity index (χ4n) is 2.27. The standard InChI is InChI=1S/C12H11Br2ClO/c1-6(16)10-11(12(10,2)15)7-3-8(13)5-9(14)4-7/h3-5,10-11,16H,1H2,2H3. The Morgan fingerprint density at radius 1 is 1.38 bits per heavy atom. The van der Waals surface area contributed by atoms with Crippen LogP contribution in [0.25, 0.3) is 0 Å². The van der Waals surface area contributed by atoms with Crippen LogP contribution in [0.5, 0.6) is 0 Å². The molecule has 0 aliphatic heterocycles. The predicted molar refractivity (Wildman–Crippen MR) is 74.1 cm³/mol. The van der Waals surface area contributed by atoms with Gasteiger partial charge in [0.1, 0.15) is 0 Å². The van der Waals surface area contributed by atoms with Crippen LogP contribution in [-0.2, 0) is 0 Å². The molecule has 0 saturated heterocycles. The number of hydrogen-bond donors (Lipinski definition) is 1. The maximum Gasteiger partial charge on any atom is 0.0906 e. The van der Waals surface area contributed by atoms with Crippen LogP contribution in [0.2, 0.25) is 0 Å². The normalized spacial score (nSPS) is 32.5. The molecule has 16 heavy (non-hydrogen) atoms. The summed E-state index contributed by atoms with van der Waals surface area (Å²) in [4.78, 5) is -0.425. The molecule has 1 nitrogen and oxygen atoms in total. The predicted octanol–water partition coefficient (Wildman–Crippen LogP) is 4.99. The lowest BCUT2D eigenvalue weighted by Crippen LogP contribution is -1.96. The van der Waals surface area contributed by atoms with E-state index in [0.717, 1.165) is 14.5 Å². The second-order valence-corrected chi connectivity index (χ2v) is 6.95. The lowest BCUT2D eigenvalue weighted by Gasteiger charge is -2.03. The Kier molecular flexibility index (Phi) is 3.15. The first-order chi connectivity index (χ1) is 7.34. The Bertz CT molecular complexity index is 436. The molecule has 0 spiro atoms. The molecule has 1 aliphatic carbocycles. The molecule has 1 aliphatic rings. The molecule has 0 aromatic heterocycles. The molecule has 3 atom stereocenters. The molecule has 0 bridgehead atoms. The highest BCUT2D eigenvalue weighted by atomic mass is 79.9. The van der Waals surface area contributed by atoms with Gasteiger partial charge in [-0.2, -0.15) is 0 Å². The minimum Gasteiger partial charge on any atom is -0.513 e. The van der Waals surface area contributed by atoms with Crippen molar-refractivity contribution in [3.63, 3.8) is 0 Å². The van der Waals surface area contributed by atoms with E-state index < -0.39 is 4.87 Å². The Labute approximate surface area is 117 Å². The van der Waals surface area contributed by atoms with Gasteiger partial charge in [0.15, 0.2) is 0 Å². The second-order valence-electron chi connectivity index (χ2n) is 4.30. The Hall–Kier alpha value is 0.01000. The van der Waals surface area contributed by atoms with Crippen LogP contribution in [0, 0.1) is 5.92 Å². The number of rotatable bonds is 2. The van der Waals surface area contributed by atoms with Crippen LogP contribution in [0.1, 0.15) is 18.4 Å². The number of alkyl halides is 1. The Balaban J connectivity index is 2.37. The van der Waals surface area contributed by atoms with Crippen molar-refractivity contribution in [1.29, 1.82) is 0 Å². The maximum atomic E-state index is 9.50. The molecule has 3 unspecified atom stereocenters. The van der Waals surface area contributed by atoms with Gasteiger partial charge in [-0.05, 0) is 30.7 Å². The summed E-state index contributed by atoms with van der Waals surface area (Å²) in [6, 6.07) is 6.03. The highest BCUT2D eigenvalue weighted by Crippen LogP contribution is 2.64. The van der Waals surface area contributed by atoms with E-state index in [0.29, 0.717) is 0 Å². The highest BCUT2D eigenvalue weighted by Gasteiger charge is 2.62. The quantitative estimate of drug-likeness (QED) is 0.577. The van der Waals surface area contributed by atoms with Gasteiger partial charge in [-0.1, -0.05) is 38.4 Å². The zero-order valence-electron chi connectivity index (χ0n) is 8.67. The monoisotopic (exact) mass is 364 g/mol. The van der Waals surface area contributed by atoms with Crippen molar-refractivity contribution >= 4 is 43.5 Å². The van der Waals surface area contributed by atoms with Gasteiger partial charge < -0.3 is 5.11 Å². The van der Waals surface area contributed by atoms with E-state index in [1.165, 1.54) is 0 Å². The SMILES string of the molecule is C=C(O)C1C(c2cc(Br)cc(Br)c2)C1(C)Cl. The van der Waals surface area contributed by atoms with Gasteiger partial charge in [0, 0.05) is 20.8 Å². The van der Waals surface area contributed by atoms with Gasteiger partial charge in [-0.3, -0.25) is 0 Å². The zero-order chi connectivity index (χ0) is 12.1. The van der Waals surface area contributed by atoms with Crippen LogP contribution in [0.15, 0.2) is 39.5 Å². The fraction of sp³-hybridized carbons (Fsp3) is 0.333. The number of benzene rings is 1. The topological polar surface area (TPSA) is 20.2 Å². The van der Waals surface area contributed by atoms with Crippen molar-refractivity contribution in [2.75, 3.05) is 0 Å². The summed E-state index contributed by atoms with van der Waals surface area (Å²) in [5, 5.41) is 9.50. The van der Waals surface area contributed by atoms with Crippen molar-refractivity contribution in [3.05, 3.63) is 45.0 Å². The van der Waals surface area contributed by atoms with Crippen LogP contribution in [0.3, 0.4) is 0 Å². The third-order valence-electron chi connectivity index (χ3n) is 3.04. The van der Waals surface area contributed by atoms with E-state index in [4.69, 9.17) is 11.6 Å². The third-order valence-corrected chi connectivity index (χ3v) is 4.43. The van der Waals surface area contributed by atoms with Crippen LogP contribution in [0.4, 0.5) is 0 Å². The molecule has 1 fully saturated rings. The van der Waals surface area contributed by atoms with E-state index >= 15 is 0 Å². The van der Waals surface area contributed by atoms with Crippen molar-refractivity contribution in [1.82, 2.24) is 0 Å². The summed E-state index contributed by atoms with van der Waals surface area (Å²) in [7, 11) is 0. The van der Waals surface area contributed by atoms with E-state index in [9.17, 15) is 5.11 Å². The number of halogens is 3. The first kappa shape index (κ1) is 12.5. The summed E-state index contributed by atoms with van der Waals surface area (Å²) < 4.78 is 2.00. The summed E-state index contributed by atoms with van der Waals surface area (Å²) in [6.45, 7) is 5.51. The van der Waals surface area contributed by atoms with Gasteiger partial charge in [-0.25, -0.2) is 0 Å². The van der Waals surface area contributed by atoms with Crippen molar-refractivity contribution in [2.24, 2.45) is 5.92 Å². The summed E-state index contributed by atoms with van der Waals surface area (Å²) >= 11 is 13.2. The molecule has 1 saturated carbocycles. The lowest BCUT2D eigenvalue weighted by molar-refractivity contribution is 0.376. The molecular formula is C12H11Br2ClO. The summed E-state index contributed by atoms with van der Waals surface area (Å²) in [6.07, 6.45) is 0. The Morgan fingerprint density at radius 2 is 1.88 bits per heavy atom. The summed E-state index contributed by atoms with van der Waals surface area (Å²) in [5.74, 6) is 0.231. The van der Waals surface area contributed by atoms with E-state index in [2.05, 4.69) is 38.4 Å². The molecule has 0 amide bonds.